The van der Waals surface area contributed by atoms with Crippen LogP contribution in [0.25, 0.3) is 0 Å². The zero-order valence-corrected chi connectivity index (χ0v) is 19.5. The van der Waals surface area contributed by atoms with E-state index in [1.807, 2.05) is 0 Å². The number of aliphatic hydroxyl groups is 1. The second-order valence-corrected chi connectivity index (χ2v) is 14.7. The predicted molar refractivity (Wildman–Crippen MR) is 113 cm³/mol. The van der Waals surface area contributed by atoms with Gasteiger partial charge >= 0.3 is 0 Å². The van der Waals surface area contributed by atoms with Gasteiger partial charge in [0.1, 0.15) is 0 Å². The van der Waals surface area contributed by atoms with Crippen LogP contribution in [0.3, 0.4) is 0 Å². The minimum Gasteiger partial charge on any atom is -0.411 e. The maximum Gasteiger partial charge on any atom is 0.192 e. The zero-order chi connectivity index (χ0) is 20.2. The number of methoxy groups -OCH3 is 1. The average Bonchev–Trinajstić information content (AvgIpc) is 3.08. The zero-order valence-electron chi connectivity index (χ0n) is 18.5. The molecule has 1 aliphatic carbocycles. The van der Waals surface area contributed by atoms with Crippen LogP contribution in [-0.2, 0) is 13.9 Å². The Hall–Kier alpha value is -0.203. The molecule has 0 aromatic rings. The Balaban J connectivity index is 2.06. The van der Waals surface area contributed by atoms with Crippen LogP contribution >= 0.6 is 0 Å². The van der Waals surface area contributed by atoms with E-state index in [1.165, 1.54) is 19.3 Å². The van der Waals surface area contributed by atoms with Crippen LogP contribution in [0.1, 0.15) is 66.2 Å². The average molecular weight is 399 g/mol. The Morgan fingerprint density at radius 3 is 2.52 bits per heavy atom. The molecule has 6 atom stereocenters. The molecule has 0 aromatic carbocycles. The molecule has 0 spiro atoms. The van der Waals surface area contributed by atoms with Gasteiger partial charge in [0.2, 0.25) is 0 Å². The van der Waals surface area contributed by atoms with Gasteiger partial charge in [-0.25, -0.2) is 0 Å². The first-order valence-corrected chi connectivity index (χ1v) is 13.7. The van der Waals surface area contributed by atoms with Gasteiger partial charge in [0, 0.05) is 25.9 Å². The minimum absolute atomic E-state index is 0.118. The lowest BCUT2D eigenvalue weighted by Crippen LogP contribution is -2.43. The molecule has 0 radical (unpaired) electrons. The van der Waals surface area contributed by atoms with Gasteiger partial charge in [0.15, 0.2) is 14.6 Å². The van der Waals surface area contributed by atoms with E-state index < -0.39 is 8.32 Å². The predicted octanol–water partition coefficient (Wildman–Crippen LogP) is 5.27. The fourth-order valence-corrected chi connectivity index (χ4v) is 5.37. The fraction of sp³-hybridized carbons (Fsp3) is 0.909. The third-order valence-corrected chi connectivity index (χ3v) is 11.3. The summed E-state index contributed by atoms with van der Waals surface area (Å²) in [5.74, 6) is 0.497. The van der Waals surface area contributed by atoms with E-state index in [9.17, 15) is 5.11 Å². The van der Waals surface area contributed by atoms with E-state index in [0.29, 0.717) is 12.3 Å². The Morgan fingerprint density at radius 1 is 1.22 bits per heavy atom. The molecule has 0 aromatic heterocycles. The number of hydrogen-bond acceptors (Lipinski definition) is 4. The highest BCUT2D eigenvalue weighted by Crippen LogP contribution is 2.44. The smallest absolute Gasteiger partial charge is 0.192 e. The van der Waals surface area contributed by atoms with Crippen LogP contribution in [0.15, 0.2) is 12.2 Å². The van der Waals surface area contributed by atoms with Gasteiger partial charge < -0.3 is 19.0 Å². The molecule has 4 nitrogen and oxygen atoms in total. The highest BCUT2D eigenvalue weighted by atomic mass is 28.4. The van der Waals surface area contributed by atoms with Crippen LogP contribution in [0, 0.1) is 11.8 Å². The quantitative estimate of drug-likeness (QED) is 0.326. The summed E-state index contributed by atoms with van der Waals surface area (Å²) < 4.78 is 18.0. The summed E-state index contributed by atoms with van der Waals surface area (Å²) in [5.41, 5.74) is 0. The fourth-order valence-electron chi connectivity index (χ4n) is 4.06. The number of fused-ring (bicyclic) bond motifs is 1. The van der Waals surface area contributed by atoms with E-state index in [4.69, 9.17) is 13.9 Å². The lowest BCUT2D eigenvalue weighted by molar-refractivity contribution is -0.118. The molecule has 27 heavy (non-hydrogen) atoms. The molecule has 1 saturated heterocycles. The molecule has 1 heterocycles. The van der Waals surface area contributed by atoms with Crippen molar-refractivity contribution in [3.8, 4) is 0 Å². The molecule has 5 heteroatoms. The summed E-state index contributed by atoms with van der Waals surface area (Å²) >= 11 is 0. The largest absolute Gasteiger partial charge is 0.411 e. The summed E-state index contributed by atoms with van der Waals surface area (Å²) in [5, 5.41) is 10.7. The Labute approximate surface area is 167 Å². The van der Waals surface area contributed by atoms with Crippen molar-refractivity contribution in [2.75, 3.05) is 7.11 Å². The molecule has 1 saturated carbocycles. The van der Waals surface area contributed by atoms with Gasteiger partial charge in [0.05, 0.1) is 18.3 Å². The number of aliphatic hydroxyl groups excluding tert-OH is 1. The highest BCUT2D eigenvalue weighted by molar-refractivity contribution is 6.74. The molecule has 2 fully saturated rings. The van der Waals surface area contributed by atoms with E-state index >= 15 is 0 Å². The van der Waals surface area contributed by atoms with Crippen molar-refractivity contribution < 1.29 is 19.0 Å². The van der Waals surface area contributed by atoms with Gasteiger partial charge in [0.25, 0.3) is 0 Å². The summed E-state index contributed by atoms with van der Waals surface area (Å²) in [4.78, 5) is 0. The van der Waals surface area contributed by atoms with Crippen LogP contribution < -0.4 is 0 Å². The highest BCUT2D eigenvalue weighted by Gasteiger charge is 2.48. The Kier molecular flexibility index (Phi) is 8.15. The molecule has 2 rings (SSSR count). The number of unbranched alkanes of at least 4 members (excludes halogenated alkanes) is 2. The van der Waals surface area contributed by atoms with Crippen molar-refractivity contribution in [1.29, 1.82) is 0 Å². The normalized spacial score (nSPS) is 33.0. The molecule has 1 N–H and O–H groups in total. The number of ether oxygens (including phenoxy) is 2. The van der Waals surface area contributed by atoms with Crippen molar-refractivity contribution in [3.63, 3.8) is 0 Å². The van der Waals surface area contributed by atoms with E-state index in [-0.39, 0.29) is 35.6 Å². The molecule has 0 amide bonds. The van der Waals surface area contributed by atoms with Crippen LogP contribution in [0.2, 0.25) is 18.1 Å². The van der Waals surface area contributed by atoms with Crippen molar-refractivity contribution in [2.45, 2.75) is 109 Å². The van der Waals surface area contributed by atoms with Crippen LogP contribution in [0.4, 0.5) is 0 Å². The Bertz CT molecular complexity index is 485. The molecule has 0 bridgehead atoms. The monoisotopic (exact) mass is 398 g/mol. The number of hydrogen-bond donors (Lipinski definition) is 1. The van der Waals surface area contributed by atoms with Gasteiger partial charge in [-0.15, -0.1) is 0 Å². The number of rotatable bonds is 9. The minimum atomic E-state index is -1.82. The van der Waals surface area contributed by atoms with E-state index in [2.05, 4.69) is 52.9 Å². The molecular weight excluding hydrogens is 356 g/mol. The van der Waals surface area contributed by atoms with Crippen molar-refractivity contribution in [3.05, 3.63) is 12.2 Å². The maximum absolute atomic E-state index is 10.5. The third-order valence-electron chi connectivity index (χ3n) is 6.84. The first kappa shape index (κ1) is 23.1. The maximum atomic E-state index is 10.5. The van der Waals surface area contributed by atoms with Gasteiger partial charge in [-0.05, 0) is 30.5 Å². The summed E-state index contributed by atoms with van der Waals surface area (Å²) in [6, 6.07) is 0. The lowest BCUT2D eigenvalue weighted by Gasteiger charge is -2.39. The topological polar surface area (TPSA) is 47.9 Å². The van der Waals surface area contributed by atoms with Gasteiger partial charge in [-0.2, -0.15) is 0 Å². The van der Waals surface area contributed by atoms with Crippen molar-refractivity contribution in [1.82, 2.24) is 0 Å². The van der Waals surface area contributed by atoms with Gasteiger partial charge in [-0.1, -0.05) is 59.1 Å². The van der Waals surface area contributed by atoms with Crippen LogP contribution in [-0.4, -0.2) is 45.1 Å². The van der Waals surface area contributed by atoms with E-state index in [0.717, 1.165) is 12.8 Å². The SMILES string of the molecule is CCCCC[C@@H](/C=C/[C@H]1[C@H]2CC(OC)O[C@@H]2C[C@@H]1O)O[Si](C)(C)C(C)(C)C. The van der Waals surface area contributed by atoms with Gasteiger partial charge in [-0.3, -0.25) is 0 Å². The molecule has 2 aliphatic rings. The standard InChI is InChI=1S/C22H42O4Si/c1-8-9-10-11-16(26-27(6,7)22(2,3)4)12-13-17-18-14-21(24-5)25-20(18)15-19(17)23/h12-13,16-21,23H,8-11,14-15H2,1-7H3/b13-12+/t16-,17-,18+,19-,20+,21?/m0/s1. The molecule has 158 valence electrons. The third kappa shape index (κ3) is 5.89. The first-order valence-electron chi connectivity index (χ1n) is 10.8. The lowest BCUT2D eigenvalue weighted by atomic mass is 9.91. The van der Waals surface area contributed by atoms with E-state index in [1.54, 1.807) is 7.11 Å². The van der Waals surface area contributed by atoms with Crippen molar-refractivity contribution in [2.24, 2.45) is 11.8 Å². The summed E-state index contributed by atoms with van der Waals surface area (Å²) in [6.07, 6.45) is 10.6. The Morgan fingerprint density at radius 2 is 1.93 bits per heavy atom. The summed E-state index contributed by atoms with van der Waals surface area (Å²) in [7, 11) is -0.125. The molecule has 1 unspecified atom stereocenters. The first-order chi connectivity index (χ1) is 12.6. The molecular formula is C22H42O4Si. The second-order valence-electron chi connectivity index (χ2n) is 9.92. The van der Waals surface area contributed by atoms with Crippen LogP contribution in [0.5, 0.6) is 0 Å². The molecule has 1 aliphatic heterocycles. The second kappa shape index (κ2) is 9.53. The van der Waals surface area contributed by atoms with Crippen molar-refractivity contribution >= 4 is 8.32 Å². The summed E-state index contributed by atoms with van der Waals surface area (Å²) in [6.45, 7) is 13.7.